The van der Waals surface area contributed by atoms with Crippen molar-refractivity contribution in [1.29, 1.82) is 0 Å². The molecule has 98 valence electrons. The molecule has 0 aromatic carbocycles. The summed E-state index contributed by atoms with van der Waals surface area (Å²) in [5.74, 6) is 0.405. The van der Waals surface area contributed by atoms with E-state index < -0.39 is 0 Å². The number of carbonyl (C=O) groups excluding carboxylic acids is 1. The Bertz CT molecular complexity index is 388. The Morgan fingerprint density at radius 2 is 2.33 bits per heavy atom. The highest BCUT2D eigenvalue weighted by molar-refractivity contribution is 5.69. The van der Waals surface area contributed by atoms with Crippen LogP contribution in [-0.2, 0) is 16.1 Å². The lowest BCUT2D eigenvalue weighted by Crippen LogP contribution is -2.16. The van der Waals surface area contributed by atoms with Crippen molar-refractivity contribution in [3.05, 3.63) is 24.0 Å². The fourth-order valence-corrected chi connectivity index (χ4v) is 1.49. The van der Waals surface area contributed by atoms with Crippen molar-refractivity contribution in [3.63, 3.8) is 0 Å². The van der Waals surface area contributed by atoms with Crippen LogP contribution >= 0.6 is 0 Å². The molecule has 0 saturated heterocycles. The van der Waals surface area contributed by atoms with Gasteiger partial charge in [0, 0.05) is 12.6 Å². The van der Waals surface area contributed by atoms with Gasteiger partial charge in [-0.1, -0.05) is 0 Å². The van der Waals surface area contributed by atoms with Crippen LogP contribution < -0.4 is 10.1 Å². The van der Waals surface area contributed by atoms with Gasteiger partial charge in [0.15, 0.2) is 0 Å². The smallest absolute Gasteiger partial charge is 0.308 e. The van der Waals surface area contributed by atoms with Gasteiger partial charge >= 0.3 is 5.97 Å². The molecule has 0 spiro atoms. The molecule has 0 amide bonds. The SMILES string of the molecule is COC(=O)CCOc1ccc(CNC2CC2)nc1. The predicted molar refractivity (Wildman–Crippen MR) is 66.2 cm³/mol. The highest BCUT2D eigenvalue weighted by atomic mass is 16.5. The maximum atomic E-state index is 10.9. The zero-order valence-electron chi connectivity index (χ0n) is 10.5. The quantitative estimate of drug-likeness (QED) is 0.739. The molecule has 1 fully saturated rings. The van der Waals surface area contributed by atoms with Crippen LogP contribution in [0.2, 0.25) is 0 Å². The van der Waals surface area contributed by atoms with Crippen molar-refractivity contribution < 1.29 is 14.3 Å². The zero-order valence-corrected chi connectivity index (χ0v) is 10.5. The van der Waals surface area contributed by atoms with Crippen molar-refractivity contribution >= 4 is 5.97 Å². The second kappa shape index (κ2) is 6.35. The second-order valence-corrected chi connectivity index (χ2v) is 4.32. The first-order valence-corrected chi connectivity index (χ1v) is 6.16. The molecular formula is C13H18N2O3. The fourth-order valence-electron chi connectivity index (χ4n) is 1.49. The topological polar surface area (TPSA) is 60.5 Å². The van der Waals surface area contributed by atoms with E-state index in [9.17, 15) is 4.79 Å². The first-order chi connectivity index (χ1) is 8.78. The number of methoxy groups -OCH3 is 1. The summed E-state index contributed by atoms with van der Waals surface area (Å²) in [6.07, 6.45) is 4.48. The molecule has 5 heteroatoms. The van der Waals surface area contributed by atoms with Gasteiger partial charge in [-0.05, 0) is 25.0 Å². The predicted octanol–water partition coefficient (Wildman–Crippen LogP) is 1.28. The monoisotopic (exact) mass is 250 g/mol. The molecule has 1 saturated carbocycles. The summed E-state index contributed by atoms with van der Waals surface area (Å²) >= 11 is 0. The molecule has 18 heavy (non-hydrogen) atoms. The minimum absolute atomic E-state index is 0.251. The third-order valence-corrected chi connectivity index (χ3v) is 2.75. The molecule has 5 nitrogen and oxygen atoms in total. The van der Waals surface area contributed by atoms with Crippen LogP contribution in [-0.4, -0.2) is 30.7 Å². The third kappa shape index (κ3) is 4.33. The van der Waals surface area contributed by atoms with E-state index in [4.69, 9.17) is 4.74 Å². The standard InChI is InChI=1S/C13H18N2O3/c1-17-13(16)6-7-18-12-5-4-11(15-9-12)8-14-10-2-3-10/h4-5,9-10,14H,2-3,6-8H2,1H3. The number of nitrogens with one attached hydrogen (secondary N) is 1. The number of ether oxygens (including phenoxy) is 2. The van der Waals surface area contributed by atoms with E-state index in [-0.39, 0.29) is 12.4 Å². The maximum Gasteiger partial charge on any atom is 0.308 e. The Labute approximate surface area is 107 Å². The fraction of sp³-hybridized carbons (Fsp3) is 0.538. The Hall–Kier alpha value is -1.62. The number of carbonyl (C=O) groups is 1. The summed E-state index contributed by atoms with van der Waals surface area (Å²) in [5, 5.41) is 3.39. The Balaban J connectivity index is 1.70. The van der Waals surface area contributed by atoms with Crippen LogP contribution in [0.4, 0.5) is 0 Å². The lowest BCUT2D eigenvalue weighted by atomic mass is 10.3. The average Bonchev–Trinajstić information content (AvgIpc) is 3.21. The molecular weight excluding hydrogens is 232 g/mol. The van der Waals surface area contributed by atoms with E-state index in [2.05, 4.69) is 15.0 Å². The van der Waals surface area contributed by atoms with Crippen LogP contribution in [0.1, 0.15) is 25.0 Å². The number of hydrogen-bond donors (Lipinski definition) is 1. The largest absolute Gasteiger partial charge is 0.491 e. The molecule has 1 N–H and O–H groups in total. The van der Waals surface area contributed by atoms with Crippen molar-refractivity contribution in [1.82, 2.24) is 10.3 Å². The Morgan fingerprint density at radius 3 is 2.94 bits per heavy atom. The van der Waals surface area contributed by atoms with Crippen molar-refractivity contribution in [2.75, 3.05) is 13.7 Å². The van der Waals surface area contributed by atoms with Gasteiger partial charge in [0.25, 0.3) is 0 Å². The zero-order chi connectivity index (χ0) is 12.8. The van der Waals surface area contributed by atoms with Gasteiger partial charge in [0.2, 0.25) is 0 Å². The van der Waals surface area contributed by atoms with Crippen LogP contribution in [0, 0.1) is 0 Å². The Morgan fingerprint density at radius 1 is 1.50 bits per heavy atom. The molecule has 0 unspecified atom stereocenters. The van der Waals surface area contributed by atoms with E-state index in [1.54, 1.807) is 6.20 Å². The summed E-state index contributed by atoms with van der Waals surface area (Å²) in [4.78, 5) is 15.2. The lowest BCUT2D eigenvalue weighted by molar-refractivity contribution is -0.141. The van der Waals surface area contributed by atoms with Gasteiger partial charge in [0.1, 0.15) is 5.75 Å². The van der Waals surface area contributed by atoms with Crippen LogP contribution in [0.25, 0.3) is 0 Å². The minimum atomic E-state index is -0.270. The van der Waals surface area contributed by atoms with Crippen molar-refractivity contribution in [2.24, 2.45) is 0 Å². The Kier molecular flexibility index (Phi) is 4.52. The van der Waals surface area contributed by atoms with E-state index in [1.807, 2.05) is 12.1 Å². The van der Waals surface area contributed by atoms with Gasteiger partial charge < -0.3 is 14.8 Å². The average molecular weight is 250 g/mol. The summed E-state index contributed by atoms with van der Waals surface area (Å²) < 4.78 is 9.91. The van der Waals surface area contributed by atoms with Gasteiger partial charge in [-0.15, -0.1) is 0 Å². The minimum Gasteiger partial charge on any atom is -0.491 e. The summed E-state index contributed by atoms with van der Waals surface area (Å²) in [6, 6.07) is 4.49. The first kappa shape index (κ1) is 12.8. The normalized spacial score (nSPS) is 14.3. The van der Waals surface area contributed by atoms with Gasteiger partial charge in [-0.25, -0.2) is 0 Å². The molecule has 1 aliphatic carbocycles. The summed E-state index contributed by atoms with van der Waals surface area (Å²) in [6.45, 7) is 1.11. The summed E-state index contributed by atoms with van der Waals surface area (Å²) in [7, 11) is 1.37. The van der Waals surface area contributed by atoms with Crippen LogP contribution in [0.3, 0.4) is 0 Å². The molecule has 1 aliphatic rings. The molecule has 1 aromatic heterocycles. The van der Waals surface area contributed by atoms with Crippen LogP contribution in [0.5, 0.6) is 5.75 Å². The first-order valence-electron chi connectivity index (χ1n) is 6.16. The van der Waals surface area contributed by atoms with Crippen molar-refractivity contribution in [2.45, 2.75) is 31.8 Å². The highest BCUT2D eigenvalue weighted by Crippen LogP contribution is 2.19. The number of hydrogen-bond acceptors (Lipinski definition) is 5. The number of aromatic nitrogens is 1. The van der Waals surface area contributed by atoms with Gasteiger partial charge in [-0.2, -0.15) is 0 Å². The molecule has 2 rings (SSSR count). The molecule has 0 aliphatic heterocycles. The highest BCUT2D eigenvalue weighted by Gasteiger charge is 2.19. The molecule has 0 bridgehead atoms. The van der Waals surface area contributed by atoms with Crippen molar-refractivity contribution in [3.8, 4) is 5.75 Å². The number of esters is 1. The molecule has 0 radical (unpaired) electrons. The summed E-state index contributed by atoms with van der Waals surface area (Å²) in [5.41, 5.74) is 1.00. The van der Waals surface area contributed by atoms with E-state index in [0.29, 0.717) is 18.4 Å². The maximum absolute atomic E-state index is 10.9. The van der Waals surface area contributed by atoms with E-state index in [0.717, 1.165) is 12.2 Å². The van der Waals surface area contributed by atoms with Crippen LogP contribution in [0.15, 0.2) is 18.3 Å². The van der Waals surface area contributed by atoms with Gasteiger partial charge in [-0.3, -0.25) is 9.78 Å². The van der Waals surface area contributed by atoms with Gasteiger partial charge in [0.05, 0.1) is 32.0 Å². The number of pyridine rings is 1. The third-order valence-electron chi connectivity index (χ3n) is 2.75. The molecule has 1 heterocycles. The molecule has 0 atom stereocenters. The lowest BCUT2D eigenvalue weighted by Gasteiger charge is -2.06. The second-order valence-electron chi connectivity index (χ2n) is 4.32. The van der Waals surface area contributed by atoms with E-state index in [1.165, 1.54) is 20.0 Å². The number of nitrogens with zero attached hydrogens (tertiary/aromatic N) is 1. The molecule has 1 aromatic rings. The van der Waals surface area contributed by atoms with E-state index >= 15 is 0 Å². The number of rotatable bonds is 7.